The number of benzene rings is 1. The fraction of sp³-hybridized carbons (Fsp3) is 0.708. The molecule has 1 saturated carbocycles. The summed E-state index contributed by atoms with van der Waals surface area (Å²) < 4.78 is 6.08. The predicted octanol–water partition coefficient (Wildman–Crippen LogP) is 3.68. The van der Waals surface area contributed by atoms with Gasteiger partial charge < -0.3 is 15.0 Å². The molecule has 5 nitrogen and oxygen atoms in total. The number of likely N-dealkylation sites (tertiary alicyclic amines) is 1. The highest BCUT2D eigenvalue weighted by Crippen LogP contribution is 2.27. The van der Waals surface area contributed by atoms with Gasteiger partial charge in [-0.05, 0) is 83.4 Å². The molecule has 5 heteroatoms. The Morgan fingerprint density at radius 1 is 1.24 bits per heavy atom. The SMILES string of the molecule is C[C@@H](CNC(=O)CC1CCCC1)Oc1cccc(CN(C)C2CCN(C)CC2)c1. The fourth-order valence-electron chi connectivity index (χ4n) is 4.65. The number of ether oxygens (including phenoxy) is 1. The largest absolute Gasteiger partial charge is 0.489 e. The van der Waals surface area contributed by atoms with Crippen molar-refractivity contribution in [1.29, 1.82) is 0 Å². The lowest BCUT2D eigenvalue weighted by atomic mass is 10.0. The molecular weight excluding hydrogens is 362 g/mol. The highest BCUT2D eigenvalue weighted by molar-refractivity contribution is 5.76. The van der Waals surface area contributed by atoms with Crippen LogP contribution in [0.25, 0.3) is 0 Å². The molecule has 0 radical (unpaired) electrons. The van der Waals surface area contributed by atoms with Crippen molar-refractivity contribution in [2.45, 2.75) is 70.6 Å². The second-order valence-electron chi connectivity index (χ2n) is 9.18. The van der Waals surface area contributed by atoms with Crippen LogP contribution < -0.4 is 10.1 Å². The standard InChI is InChI=1S/C24H39N3O2/c1-19(17-25-24(28)16-20-7-4-5-8-20)29-23-10-6-9-21(15-23)18-27(3)22-11-13-26(2)14-12-22/h6,9-10,15,19-20,22H,4-5,7-8,11-14,16-18H2,1-3H3,(H,25,28)/t19-/m0/s1. The zero-order valence-electron chi connectivity index (χ0n) is 18.5. The van der Waals surface area contributed by atoms with Crippen molar-refractivity contribution in [3.05, 3.63) is 29.8 Å². The molecule has 0 spiro atoms. The summed E-state index contributed by atoms with van der Waals surface area (Å²) in [6.45, 7) is 5.89. The van der Waals surface area contributed by atoms with Gasteiger partial charge in [-0.1, -0.05) is 25.0 Å². The van der Waals surface area contributed by atoms with Crippen molar-refractivity contribution in [3.8, 4) is 5.75 Å². The molecule has 29 heavy (non-hydrogen) atoms. The molecule has 1 N–H and O–H groups in total. The normalized spacial score (nSPS) is 20.1. The molecule has 162 valence electrons. The van der Waals surface area contributed by atoms with E-state index < -0.39 is 0 Å². The summed E-state index contributed by atoms with van der Waals surface area (Å²) in [5.74, 6) is 1.64. The van der Waals surface area contributed by atoms with Crippen LogP contribution in [0.2, 0.25) is 0 Å². The summed E-state index contributed by atoms with van der Waals surface area (Å²) in [5, 5.41) is 3.05. The van der Waals surface area contributed by atoms with Crippen LogP contribution in [0.1, 0.15) is 57.4 Å². The van der Waals surface area contributed by atoms with Crippen molar-refractivity contribution in [2.24, 2.45) is 5.92 Å². The van der Waals surface area contributed by atoms with E-state index in [1.54, 1.807) is 0 Å². The quantitative estimate of drug-likeness (QED) is 0.686. The minimum absolute atomic E-state index is 0.0376. The Morgan fingerprint density at radius 3 is 2.69 bits per heavy atom. The van der Waals surface area contributed by atoms with E-state index in [2.05, 4.69) is 47.4 Å². The lowest BCUT2D eigenvalue weighted by molar-refractivity contribution is -0.122. The Kier molecular flexibility index (Phi) is 8.37. The van der Waals surface area contributed by atoms with Crippen LogP contribution in [0.3, 0.4) is 0 Å². The number of rotatable bonds is 9. The van der Waals surface area contributed by atoms with Gasteiger partial charge in [-0.3, -0.25) is 9.69 Å². The highest BCUT2D eigenvalue weighted by atomic mass is 16.5. The van der Waals surface area contributed by atoms with Gasteiger partial charge in [0.15, 0.2) is 0 Å². The Balaban J connectivity index is 1.41. The monoisotopic (exact) mass is 401 g/mol. The second-order valence-corrected chi connectivity index (χ2v) is 9.18. The summed E-state index contributed by atoms with van der Waals surface area (Å²) in [6, 6.07) is 9.05. The van der Waals surface area contributed by atoms with Crippen LogP contribution >= 0.6 is 0 Å². The van der Waals surface area contributed by atoms with Crippen LogP contribution in [0, 0.1) is 5.92 Å². The summed E-state index contributed by atoms with van der Waals surface area (Å²) >= 11 is 0. The highest BCUT2D eigenvalue weighted by Gasteiger charge is 2.21. The molecule has 0 aromatic heterocycles. The topological polar surface area (TPSA) is 44.8 Å². The zero-order chi connectivity index (χ0) is 20.6. The van der Waals surface area contributed by atoms with Crippen LogP contribution in [0.15, 0.2) is 24.3 Å². The van der Waals surface area contributed by atoms with Crippen molar-refractivity contribution < 1.29 is 9.53 Å². The molecule has 0 bridgehead atoms. The average molecular weight is 402 g/mol. The minimum Gasteiger partial charge on any atom is -0.489 e. The van der Waals surface area contributed by atoms with Gasteiger partial charge in [-0.15, -0.1) is 0 Å². The minimum atomic E-state index is -0.0376. The fourth-order valence-corrected chi connectivity index (χ4v) is 4.65. The number of piperidine rings is 1. The van der Waals surface area contributed by atoms with E-state index in [1.807, 2.05) is 13.0 Å². The molecule has 1 amide bonds. The van der Waals surface area contributed by atoms with E-state index in [1.165, 1.54) is 57.2 Å². The molecule has 1 saturated heterocycles. The van der Waals surface area contributed by atoms with E-state index in [9.17, 15) is 4.79 Å². The maximum atomic E-state index is 12.1. The Bertz CT molecular complexity index is 637. The van der Waals surface area contributed by atoms with Gasteiger partial charge in [0.05, 0.1) is 6.54 Å². The van der Waals surface area contributed by atoms with Crippen molar-refractivity contribution >= 4 is 5.91 Å². The predicted molar refractivity (Wildman–Crippen MR) is 118 cm³/mol. The smallest absolute Gasteiger partial charge is 0.220 e. The van der Waals surface area contributed by atoms with Crippen LogP contribution in [0.5, 0.6) is 5.75 Å². The molecule has 1 aromatic carbocycles. The first-order valence-electron chi connectivity index (χ1n) is 11.4. The second kappa shape index (κ2) is 11.0. The molecule has 3 rings (SSSR count). The Hall–Kier alpha value is -1.59. The molecule has 1 heterocycles. The molecule has 2 fully saturated rings. The number of hydrogen-bond donors (Lipinski definition) is 1. The van der Waals surface area contributed by atoms with E-state index in [0.29, 0.717) is 24.9 Å². The van der Waals surface area contributed by atoms with E-state index >= 15 is 0 Å². The Labute approximate surface area is 176 Å². The summed E-state index contributed by atoms with van der Waals surface area (Å²) in [4.78, 5) is 17.0. The number of nitrogens with zero attached hydrogens (tertiary/aromatic N) is 2. The number of carbonyl (C=O) groups is 1. The molecule has 1 atom stereocenters. The zero-order valence-corrected chi connectivity index (χ0v) is 18.5. The van der Waals surface area contributed by atoms with Gasteiger partial charge in [0.25, 0.3) is 0 Å². The molecule has 1 aliphatic heterocycles. The van der Waals surface area contributed by atoms with Gasteiger partial charge in [0, 0.05) is 19.0 Å². The lowest BCUT2D eigenvalue weighted by Gasteiger charge is -2.35. The number of carbonyl (C=O) groups excluding carboxylic acids is 1. The van der Waals surface area contributed by atoms with E-state index in [-0.39, 0.29) is 12.0 Å². The van der Waals surface area contributed by atoms with Gasteiger partial charge >= 0.3 is 0 Å². The summed E-state index contributed by atoms with van der Waals surface area (Å²) in [7, 11) is 4.43. The lowest BCUT2D eigenvalue weighted by Crippen LogP contribution is -2.41. The third-order valence-electron chi connectivity index (χ3n) is 6.51. The first kappa shape index (κ1) is 22.1. The third kappa shape index (κ3) is 7.31. The number of hydrogen-bond acceptors (Lipinski definition) is 4. The molecule has 0 unspecified atom stereocenters. The molecule has 1 aromatic rings. The van der Waals surface area contributed by atoms with Gasteiger partial charge in [0.2, 0.25) is 5.91 Å². The van der Waals surface area contributed by atoms with E-state index in [0.717, 1.165) is 12.3 Å². The van der Waals surface area contributed by atoms with Crippen LogP contribution in [0.4, 0.5) is 0 Å². The number of nitrogens with one attached hydrogen (secondary N) is 1. The Morgan fingerprint density at radius 2 is 1.97 bits per heavy atom. The summed E-state index contributed by atoms with van der Waals surface area (Å²) in [6.07, 6.45) is 8.08. The first-order chi connectivity index (χ1) is 14.0. The van der Waals surface area contributed by atoms with Crippen molar-refractivity contribution in [1.82, 2.24) is 15.1 Å². The summed E-state index contributed by atoms with van der Waals surface area (Å²) in [5.41, 5.74) is 1.28. The van der Waals surface area contributed by atoms with Crippen LogP contribution in [-0.4, -0.2) is 61.6 Å². The van der Waals surface area contributed by atoms with E-state index in [4.69, 9.17) is 4.74 Å². The molecular formula is C24H39N3O2. The average Bonchev–Trinajstić information content (AvgIpc) is 3.20. The maximum absolute atomic E-state index is 12.1. The maximum Gasteiger partial charge on any atom is 0.220 e. The third-order valence-corrected chi connectivity index (χ3v) is 6.51. The number of amides is 1. The van der Waals surface area contributed by atoms with Gasteiger partial charge in [0.1, 0.15) is 11.9 Å². The van der Waals surface area contributed by atoms with Crippen molar-refractivity contribution in [2.75, 3.05) is 33.7 Å². The molecule has 1 aliphatic carbocycles. The van der Waals surface area contributed by atoms with Crippen LogP contribution in [-0.2, 0) is 11.3 Å². The molecule has 2 aliphatic rings. The first-order valence-corrected chi connectivity index (χ1v) is 11.4. The van der Waals surface area contributed by atoms with Crippen molar-refractivity contribution in [3.63, 3.8) is 0 Å². The van der Waals surface area contributed by atoms with Gasteiger partial charge in [-0.25, -0.2) is 0 Å². The van der Waals surface area contributed by atoms with Gasteiger partial charge in [-0.2, -0.15) is 0 Å².